The molecule has 2 nitrogen and oxygen atoms in total. The largest absolute Gasteiger partial charge is 0.388 e. The zero-order valence-corrected chi connectivity index (χ0v) is 10.5. The lowest BCUT2D eigenvalue weighted by Gasteiger charge is -2.25. The van der Waals surface area contributed by atoms with Gasteiger partial charge in [0.05, 0.1) is 18.3 Å². The first kappa shape index (κ1) is 11.2. The van der Waals surface area contributed by atoms with Crippen LogP contribution < -0.4 is 0 Å². The number of benzene rings is 1. The first-order valence-corrected chi connectivity index (χ1v) is 6.56. The Bertz CT molecular complexity index is 427. The average molecular weight is 232 g/mol. The van der Waals surface area contributed by atoms with E-state index in [1.807, 2.05) is 0 Å². The summed E-state index contributed by atoms with van der Waals surface area (Å²) < 4.78 is 5.83. The molecule has 17 heavy (non-hydrogen) atoms. The number of fused-ring (bicyclic) bond motifs is 2. The van der Waals surface area contributed by atoms with Crippen LogP contribution in [0.4, 0.5) is 0 Å². The summed E-state index contributed by atoms with van der Waals surface area (Å²) in [6.07, 6.45) is 3.67. The van der Waals surface area contributed by atoms with Crippen LogP contribution in [-0.4, -0.2) is 17.3 Å². The van der Waals surface area contributed by atoms with Crippen molar-refractivity contribution in [2.24, 2.45) is 5.92 Å². The predicted molar refractivity (Wildman–Crippen MR) is 66.9 cm³/mol. The van der Waals surface area contributed by atoms with E-state index in [-0.39, 0.29) is 12.2 Å². The molecule has 0 radical (unpaired) electrons. The molecule has 4 unspecified atom stereocenters. The highest BCUT2D eigenvalue weighted by atomic mass is 16.5. The molecule has 1 aromatic rings. The molecule has 0 aromatic heterocycles. The second-order valence-corrected chi connectivity index (χ2v) is 5.58. The fourth-order valence-electron chi connectivity index (χ4n) is 3.40. The van der Waals surface area contributed by atoms with Gasteiger partial charge in [0.15, 0.2) is 0 Å². The minimum atomic E-state index is -0.356. The maximum atomic E-state index is 10.5. The van der Waals surface area contributed by atoms with Gasteiger partial charge in [-0.2, -0.15) is 0 Å². The molecule has 2 saturated heterocycles. The van der Waals surface area contributed by atoms with Crippen molar-refractivity contribution in [1.29, 1.82) is 0 Å². The summed E-state index contributed by atoms with van der Waals surface area (Å²) in [5.41, 5.74) is 3.53. The third kappa shape index (κ3) is 1.90. The molecular formula is C15H20O2. The van der Waals surface area contributed by atoms with Gasteiger partial charge in [-0.1, -0.05) is 23.8 Å². The topological polar surface area (TPSA) is 29.5 Å². The van der Waals surface area contributed by atoms with E-state index in [9.17, 15) is 5.11 Å². The van der Waals surface area contributed by atoms with E-state index in [0.717, 1.165) is 18.4 Å². The molecule has 1 N–H and O–H groups in total. The Kier molecular flexibility index (Phi) is 2.72. The summed E-state index contributed by atoms with van der Waals surface area (Å²) in [5.74, 6) is 0.301. The second kappa shape index (κ2) is 4.11. The minimum Gasteiger partial charge on any atom is -0.388 e. The average Bonchev–Trinajstić information content (AvgIpc) is 2.89. The summed E-state index contributed by atoms with van der Waals surface area (Å²) in [6, 6.07) is 6.30. The van der Waals surface area contributed by atoms with Gasteiger partial charge in [-0.3, -0.25) is 0 Å². The fourth-order valence-corrected chi connectivity index (χ4v) is 3.40. The Morgan fingerprint density at radius 1 is 1.29 bits per heavy atom. The quantitative estimate of drug-likeness (QED) is 0.849. The standard InChI is InChI=1S/C15H20O2/c1-9-3-5-12(10(2)7-9)15(16)13-8-11-4-6-14(13)17-11/h3,5,7,11,13-16H,4,6,8H2,1-2H3. The molecule has 0 amide bonds. The lowest BCUT2D eigenvalue weighted by Crippen LogP contribution is -2.24. The Morgan fingerprint density at radius 2 is 2.12 bits per heavy atom. The van der Waals surface area contributed by atoms with E-state index in [0.29, 0.717) is 12.0 Å². The van der Waals surface area contributed by atoms with Crippen molar-refractivity contribution in [2.75, 3.05) is 0 Å². The summed E-state index contributed by atoms with van der Waals surface area (Å²) in [5, 5.41) is 10.5. The number of aryl methyl sites for hydroxylation is 2. The van der Waals surface area contributed by atoms with E-state index in [1.54, 1.807) is 0 Å². The number of hydrogen-bond acceptors (Lipinski definition) is 2. The summed E-state index contributed by atoms with van der Waals surface area (Å²) in [6.45, 7) is 4.17. The Labute approximate surface area is 103 Å². The summed E-state index contributed by atoms with van der Waals surface area (Å²) >= 11 is 0. The molecule has 0 spiro atoms. The molecule has 2 fully saturated rings. The molecule has 2 heteroatoms. The first-order chi connectivity index (χ1) is 8.15. The van der Waals surface area contributed by atoms with E-state index >= 15 is 0 Å². The molecule has 0 aliphatic carbocycles. The van der Waals surface area contributed by atoms with Gasteiger partial charge in [-0.15, -0.1) is 0 Å². The van der Waals surface area contributed by atoms with Crippen LogP contribution in [0.15, 0.2) is 18.2 Å². The lowest BCUT2D eigenvalue weighted by atomic mass is 9.81. The molecule has 1 aromatic carbocycles. The number of hydrogen-bond donors (Lipinski definition) is 1. The third-order valence-electron chi connectivity index (χ3n) is 4.30. The highest BCUT2D eigenvalue weighted by Crippen LogP contribution is 2.45. The second-order valence-electron chi connectivity index (χ2n) is 5.58. The monoisotopic (exact) mass is 232 g/mol. The Morgan fingerprint density at radius 3 is 2.71 bits per heavy atom. The predicted octanol–water partition coefficient (Wildman–Crippen LogP) is 2.90. The summed E-state index contributed by atoms with van der Waals surface area (Å²) in [7, 11) is 0. The maximum absolute atomic E-state index is 10.5. The Balaban J connectivity index is 1.84. The van der Waals surface area contributed by atoms with Crippen LogP contribution >= 0.6 is 0 Å². The SMILES string of the molecule is Cc1ccc(C(O)C2CC3CCC2O3)c(C)c1. The molecule has 2 aliphatic heterocycles. The van der Waals surface area contributed by atoms with Crippen LogP contribution in [0.25, 0.3) is 0 Å². The van der Waals surface area contributed by atoms with E-state index in [4.69, 9.17) is 4.74 Å². The van der Waals surface area contributed by atoms with Gasteiger partial charge >= 0.3 is 0 Å². The van der Waals surface area contributed by atoms with Crippen molar-refractivity contribution in [3.05, 3.63) is 34.9 Å². The number of aliphatic hydroxyl groups is 1. The zero-order valence-electron chi connectivity index (χ0n) is 10.5. The van der Waals surface area contributed by atoms with E-state index in [2.05, 4.69) is 32.0 Å². The minimum absolute atomic E-state index is 0.288. The first-order valence-electron chi connectivity index (χ1n) is 6.56. The molecular weight excluding hydrogens is 212 g/mol. The molecule has 2 heterocycles. The van der Waals surface area contributed by atoms with Gasteiger partial charge in [-0.05, 0) is 44.2 Å². The van der Waals surface area contributed by atoms with Crippen molar-refractivity contribution in [1.82, 2.24) is 0 Å². The molecule has 2 bridgehead atoms. The molecule has 0 saturated carbocycles. The highest BCUT2D eigenvalue weighted by Gasteiger charge is 2.44. The molecule has 92 valence electrons. The van der Waals surface area contributed by atoms with Gasteiger partial charge in [-0.25, -0.2) is 0 Å². The van der Waals surface area contributed by atoms with E-state index in [1.165, 1.54) is 17.5 Å². The highest BCUT2D eigenvalue weighted by molar-refractivity contribution is 5.32. The normalized spacial score (nSPS) is 33.0. The van der Waals surface area contributed by atoms with Gasteiger partial charge in [0, 0.05) is 5.92 Å². The molecule has 4 atom stereocenters. The maximum Gasteiger partial charge on any atom is 0.0846 e. The van der Waals surface area contributed by atoms with Gasteiger partial charge in [0.25, 0.3) is 0 Å². The van der Waals surface area contributed by atoms with Crippen LogP contribution in [0.1, 0.15) is 42.1 Å². The van der Waals surface area contributed by atoms with Crippen LogP contribution in [0.3, 0.4) is 0 Å². The fraction of sp³-hybridized carbons (Fsp3) is 0.600. The zero-order chi connectivity index (χ0) is 12.0. The van der Waals surface area contributed by atoms with Crippen LogP contribution in [-0.2, 0) is 4.74 Å². The van der Waals surface area contributed by atoms with Crippen molar-refractivity contribution >= 4 is 0 Å². The van der Waals surface area contributed by atoms with Crippen LogP contribution in [0, 0.1) is 19.8 Å². The third-order valence-corrected chi connectivity index (χ3v) is 4.30. The van der Waals surface area contributed by atoms with Crippen molar-refractivity contribution in [2.45, 2.75) is 51.4 Å². The van der Waals surface area contributed by atoms with Crippen LogP contribution in [0.2, 0.25) is 0 Å². The Hall–Kier alpha value is -0.860. The van der Waals surface area contributed by atoms with Gasteiger partial charge in [0.1, 0.15) is 0 Å². The number of rotatable bonds is 2. The molecule has 3 rings (SSSR count). The summed E-state index contributed by atoms with van der Waals surface area (Å²) in [4.78, 5) is 0. The van der Waals surface area contributed by atoms with Crippen molar-refractivity contribution in [3.63, 3.8) is 0 Å². The smallest absolute Gasteiger partial charge is 0.0846 e. The van der Waals surface area contributed by atoms with Gasteiger partial charge < -0.3 is 9.84 Å². The lowest BCUT2D eigenvalue weighted by molar-refractivity contribution is 0.0420. The van der Waals surface area contributed by atoms with Crippen LogP contribution in [0.5, 0.6) is 0 Å². The number of ether oxygens (including phenoxy) is 1. The van der Waals surface area contributed by atoms with Crippen molar-refractivity contribution in [3.8, 4) is 0 Å². The molecule has 2 aliphatic rings. The van der Waals surface area contributed by atoms with Crippen molar-refractivity contribution < 1.29 is 9.84 Å². The number of aliphatic hydroxyl groups excluding tert-OH is 1. The van der Waals surface area contributed by atoms with E-state index < -0.39 is 0 Å². The van der Waals surface area contributed by atoms with Gasteiger partial charge in [0.2, 0.25) is 0 Å².